The summed E-state index contributed by atoms with van der Waals surface area (Å²) < 4.78 is 0. The third-order valence-corrected chi connectivity index (χ3v) is 3.17. The molecule has 1 atom stereocenters. The minimum atomic E-state index is 0.579. The van der Waals surface area contributed by atoms with Crippen LogP contribution in [0.3, 0.4) is 0 Å². The molecule has 1 aliphatic rings. The molecule has 2 rings (SSSR count). The number of nitrogens with zero attached hydrogens (tertiary/aromatic N) is 3. The van der Waals surface area contributed by atoms with E-state index >= 15 is 0 Å². The van der Waals surface area contributed by atoms with Crippen molar-refractivity contribution in [3.8, 4) is 0 Å². The van der Waals surface area contributed by atoms with E-state index in [9.17, 15) is 0 Å². The number of nitrogens with one attached hydrogen (secondary N) is 1. The summed E-state index contributed by atoms with van der Waals surface area (Å²) in [7, 11) is 4.36. The molecule has 0 aliphatic carbocycles. The van der Waals surface area contributed by atoms with Crippen LogP contribution >= 0.6 is 0 Å². The summed E-state index contributed by atoms with van der Waals surface area (Å²) in [4.78, 5) is 8.89. The van der Waals surface area contributed by atoms with Gasteiger partial charge in [-0.1, -0.05) is 6.07 Å². The quantitative estimate of drug-likeness (QED) is 0.818. The molecule has 0 bridgehead atoms. The second-order valence-electron chi connectivity index (χ2n) is 4.97. The van der Waals surface area contributed by atoms with Crippen LogP contribution < -0.4 is 5.32 Å². The number of likely N-dealkylation sites (N-methyl/N-ethyl adjacent to an activating group) is 2. The van der Waals surface area contributed by atoms with Gasteiger partial charge in [-0.3, -0.25) is 4.98 Å². The Bertz CT molecular complexity index is 327. The Balaban J connectivity index is 1.79. The third kappa shape index (κ3) is 4.07. The molecule has 0 spiro atoms. The van der Waals surface area contributed by atoms with Gasteiger partial charge >= 0.3 is 0 Å². The van der Waals surface area contributed by atoms with E-state index in [4.69, 9.17) is 0 Å². The lowest BCUT2D eigenvalue weighted by atomic mass is 10.2. The monoisotopic (exact) mass is 234 g/mol. The molecule has 1 unspecified atom stereocenters. The molecule has 1 N–H and O–H groups in total. The first-order chi connectivity index (χ1) is 8.24. The lowest BCUT2D eigenvalue weighted by molar-refractivity contribution is 0.192. The Hall–Kier alpha value is -0.970. The van der Waals surface area contributed by atoms with Crippen molar-refractivity contribution in [2.24, 2.45) is 0 Å². The minimum Gasteiger partial charge on any atom is -0.310 e. The normalized spacial score (nSPS) is 21.9. The second kappa shape index (κ2) is 6.10. The Morgan fingerprint density at radius 2 is 2.47 bits per heavy atom. The number of aromatic nitrogens is 1. The maximum Gasteiger partial charge on any atom is 0.0323 e. The van der Waals surface area contributed by atoms with Crippen molar-refractivity contribution in [3.05, 3.63) is 30.1 Å². The molecule has 0 saturated carbocycles. The average Bonchev–Trinajstić information content (AvgIpc) is 2.30. The maximum atomic E-state index is 4.15. The van der Waals surface area contributed by atoms with Crippen molar-refractivity contribution in [2.45, 2.75) is 12.6 Å². The number of hydrogen-bond donors (Lipinski definition) is 1. The van der Waals surface area contributed by atoms with Crippen molar-refractivity contribution < 1.29 is 0 Å². The van der Waals surface area contributed by atoms with Crippen molar-refractivity contribution in [3.63, 3.8) is 0 Å². The fraction of sp³-hybridized carbons (Fsp3) is 0.615. The van der Waals surface area contributed by atoms with Crippen molar-refractivity contribution >= 4 is 0 Å². The van der Waals surface area contributed by atoms with E-state index in [-0.39, 0.29) is 0 Å². The molecule has 1 saturated heterocycles. The summed E-state index contributed by atoms with van der Waals surface area (Å²) in [5.74, 6) is 0. The van der Waals surface area contributed by atoms with Crippen LogP contribution in [0.2, 0.25) is 0 Å². The highest BCUT2D eigenvalue weighted by Crippen LogP contribution is 2.03. The van der Waals surface area contributed by atoms with E-state index in [1.807, 2.05) is 18.5 Å². The first-order valence-electron chi connectivity index (χ1n) is 6.23. The van der Waals surface area contributed by atoms with Gasteiger partial charge < -0.3 is 15.1 Å². The predicted molar refractivity (Wildman–Crippen MR) is 69.9 cm³/mol. The van der Waals surface area contributed by atoms with Crippen LogP contribution in [0.15, 0.2) is 24.5 Å². The van der Waals surface area contributed by atoms with Crippen LogP contribution in [-0.2, 0) is 6.54 Å². The van der Waals surface area contributed by atoms with Gasteiger partial charge in [0.1, 0.15) is 0 Å². The van der Waals surface area contributed by atoms with Gasteiger partial charge in [0.05, 0.1) is 0 Å². The predicted octanol–water partition coefficient (Wildman–Crippen LogP) is 0.417. The molecule has 17 heavy (non-hydrogen) atoms. The smallest absolute Gasteiger partial charge is 0.0323 e. The zero-order chi connectivity index (χ0) is 12.1. The Morgan fingerprint density at radius 1 is 1.59 bits per heavy atom. The lowest BCUT2D eigenvalue weighted by Crippen LogP contribution is -2.53. The highest BCUT2D eigenvalue weighted by Gasteiger charge is 2.17. The molecule has 4 heteroatoms. The Morgan fingerprint density at radius 3 is 3.18 bits per heavy atom. The Labute approximate surface area is 104 Å². The molecule has 0 aromatic carbocycles. The number of hydrogen-bond acceptors (Lipinski definition) is 4. The lowest BCUT2D eigenvalue weighted by Gasteiger charge is -2.33. The van der Waals surface area contributed by atoms with Crippen molar-refractivity contribution in [2.75, 3.05) is 40.3 Å². The molecule has 1 aromatic heterocycles. The molecule has 1 aliphatic heterocycles. The fourth-order valence-electron chi connectivity index (χ4n) is 2.36. The first kappa shape index (κ1) is 12.5. The summed E-state index contributed by atoms with van der Waals surface area (Å²) in [6.07, 6.45) is 3.76. The van der Waals surface area contributed by atoms with E-state index < -0.39 is 0 Å². The molecule has 2 heterocycles. The van der Waals surface area contributed by atoms with Crippen LogP contribution in [-0.4, -0.2) is 61.1 Å². The molecule has 1 aromatic rings. The summed E-state index contributed by atoms with van der Waals surface area (Å²) in [5, 5.41) is 3.57. The number of rotatable bonds is 4. The Kier molecular flexibility index (Phi) is 4.48. The van der Waals surface area contributed by atoms with Crippen LogP contribution in [0.1, 0.15) is 5.56 Å². The average molecular weight is 234 g/mol. The largest absolute Gasteiger partial charge is 0.310 e. The van der Waals surface area contributed by atoms with Crippen LogP contribution in [0.25, 0.3) is 0 Å². The zero-order valence-corrected chi connectivity index (χ0v) is 10.8. The highest BCUT2D eigenvalue weighted by atomic mass is 15.2. The summed E-state index contributed by atoms with van der Waals surface area (Å²) >= 11 is 0. The van der Waals surface area contributed by atoms with Crippen molar-refractivity contribution in [1.29, 1.82) is 0 Å². The summed E-state index contributed by atoms with van der Waals surface area (Å²) in [5.41, 5.74) is 1.28. The highest BCUT2D eigenvalue weighted by molar-refractivity contribution is 5.08. The summed E-state index contributed by atoms with van der Waals surface area (Å²) in [6.45, 7) is 5.44. The SMILES string of the molecule is CN1CCNC(CN(C)Cc2cccnc2)C1. The molecule has 4 nitrogen and oxygen atoms in total. The minimum absolute atomic E-state index is 0.579. The van der Waals surface area contributed by atoms with E-state index in [0.717, 1.165) is 32.7 Å². The van der Waals surface area contributed by atoms with E-state index in [0.29, 0.717) is 6.04 Å². The number of pyridine rings is 1. The summed E-state index contributed by atoms with van der Waals surface area (Å²) in [6, 6.07) is 4.70. The van der Waals surface area contributed by atoms with E-state index in [2.05, 4.69) is 40.3 Å². The van der Waals surface area contributed by atoms with E-state index in [1.54, 1.807) is 0 Å². The van der Waals surface area contributed by atoms with Crippen LogP contribution in [0, 0.1) is 0 Å². The third-order valence-electron chi connectivity index (χ3n) is 3.17. The first-order valence-corrected chi connectivity index (χ1v) is 6.23. The van der Waals surface area contributed by atoms with Gasteiger partial charge in [0.25, 0.3) is 0 Å². The molecule has 0 radical (unpaired) electrons. The zero-order valence-electron chi connectivity index (χ0n) is 10.8. The standard InChI is InChI=1S/C13H22N4/c1-16-7-6-15-13(10-16)11-17(2)9-12-4-3-5-14-8-12/h3-5,8,13,15H,6-7,9-11H2,1-2H3. The second-order valence-corrected chi connectivity index (χ2v) is 4.97. The maximum absolute atomic E-state index is 4.15. The van der Waals surface area contributed by atoms with Gasteiger partial charge in [0.2, 0.25) is 0 Å². The van der Waals surface area contributed by atoms with Crippen molar-refractivity contribution in [1.82, 2.24) is 20.1 Å². The topological polar surface area (TPSA) is 31.4 Å². The van der Waals surface area contributed by atoms with Gasteiger partial charge in [0, 0.05) is 51.2 Å². The molecule has 1 fully saturated rings. The molecular formula is C13H22N4. The molecular weight excluding hydrogens is 212 g/mol. The van der Waals surface area contributed by atoms with Gasteiger partial charge in [-0.25, -0.2) is 0 Å². The van der Waals surface area contributed by atoms with Gasteiger partial charge in [-0.2, -0.15) is 0 Å². The van der Waals surface area contributed by atoms with Gasteiger partial charge in [-0.05, 0) is 25.7 Å². The van der Waals surface area contributed by atoms with Gasteiger partial charge in [-0.15, -0.1) is 0 Å². The van der Waals surface area contributed by atoms with Gasteiger partial charge in [0.15, 0.2) is 0 Å². The molecule has 94 valence electrons. The van der Waals surface area contributed by atoms with Crippen LogP contribution in [0.4, 0.5) is 0 Å². The number of piperazine rings is 1. The van der Waals surface area contributed by atoms with Crippen LogP contribution in [0.5, 0.6) is 0 Å². The van der Waals surface area contributed by atoms with E-state index in [1.165, 1.54) is 5.56 Å². The fourth-order valence-corrected chi connectivity index (χ4v) is 2.36. The molecule has 0 amide bonds.